The first-order valence-corrected chi connectivity index (χ1v) is 11.5. The van der Waals surface area contributed by atoms with E-state index in [2.05, 4.69) is 20.7 Å². The summed E-state index contributed by atoms with van der Waals surface area (Å²) in [5, 5.41) is 0. The molecular formula is C18H19BrN2O3S2. The molecule has 8 heteroatoms. The van der Waals surface area contributed by atoms with Crippen molar-refractivity contribution in [3.63, 3.8) is 0 Å². The van der Waals surface area contributed by atoms with E-state index in [1.165, 1.54) is 18.7 Å². The first-order chi connectivity index (χ1) is 12.2. The SMILES string of the molecule is CSc1cccc(NS(=O)(=O)c2cc3c(cc2Br)C[C@@H](C)N3C(C)=O)c1. The summed E-state index contributed by atoms with van der Waals surface area (Å²) in [6, 6.07) is 10.6. The molecule has 2 aromatic carbocycles. The first-order valence-electron chi connectivity index (χ1n) is 8.02. The number of fused-ring (bicyclic) bond motifs is 1. The third-order valence-electron chi connectivity index (χ3n) is 4.30. The van der Waals surface area contributed by atoms with Crippen molar-refractivity contribution in [2.45, 2.75) is 36.1 Å². The second kappa shape index (κ2) is 7.25. The summed E-state index contributed by atoms with van der Waals surface area (Å²) < 4.78 is 29.0. The quantitative estimate of drug-likeness (QED) is 0.700. The van der Waals surface area contributed by atoms with Crippen molar-refractivity contribution in [1.29, 1.82) is 0 Å². The number of carbonyl (C=O) groups is 1. The first kappa shape index (κ1) is 19.3. The molecule has 2 aromatic rings. The van der Waals surface area contributed by atoms with Gasteiger partial charge in [0.25, 0.3) is 10.0 Å². The van der Waals surface area contributed by atoms with Crippen LogP contribution in [-0.4, -0.2) is 26.6 Å². The number of thioether (sulfide) groups is 1. The zero-order valence-electron chi connectivity index (χ0n) is 14.6. The third kappa shape index (κ3) is 3.63. The van der Waals surface area contributed by atoms with Crippen LogP contribution in [0.15, 0.2) is 50.7 Å². The number of nitrogens with zero attached hydrogens (tertiary/aromatic N) is 1. The number of rotatable bonds is 4. The molecular weight excluding hydrogens is 436 g/mol. The number of nitrogens with one attached hydrogen (secondary N) is 1. The maximum absolute atomic E-state index is 12.9. The van der Waals surface area contributed by atoms with Crippen molar-refractivity contribution >= 4 is 55.0 Å². The number of hydrogen-bond donors (Lipinski definition) is 1. The summed E-state index contributed by atoms with van der Waals surface area (Å²) in [7, 11) is -3.80. The maximum atomic E-state index is 12.9. The number of halogens is 1. The molecule has 0 fully saturated rings. The molecule has 3 rings (SSSR count). The fourth-order valence-corrected chi connectivity index (χ4v) is 5.82. The summed E-state index contributed by atoms with van der Waals surface area (Å²) in [6.45, 7) is 3.45. The molecule has 0 bridgehead atoms. The van der Waals surface area contributed by atoms with Crippen LogP contribution in [0.3, 0.4) is 0 Å². The second-order valence-corrected chi connectivity index (χ2v) is 9.58. The van der Waals surface area contributed by atoms with Gasteiger partial charge in [0.2, 0.25) is 5.91 Å². The van der Waals surface area contributed by atoms with Crippen LogP contribution in [0.2, 0.25) is 0 Å². The Morgan fingerprint density at radius 1 is 1.31 bits per heavy atom. The van der Waals surface area contributed by atoms with Crippen LogP contribution in [0.5, 0.6) is 0 Å². The Kier molecular flexibility index (Phi) is 5.37. The highest BCUT2D eigenvalue weighted by molar-refractivity contribution is 9.10. The van der Waals surface area contributed by atoms with E-state index < -0.39 is 10.0 Å². The zero-order chi connectivity index (χ0) is 19.1. The molecule has 138 valence electrons. The number of hydrogen-bond acceptors (Lipinski definition) is 4. The Morgan fingerprint density at radius 3 is 2.69 bits per heavy atom. The minimum atomic E-state index is -3.80. The lowest BCUT2D eigenvalue weighted by Gasteiger charge is -2.21. The van der Waals surface area contributed by atoms with Gasteiger partial charge in [0.15, 0.2) is 0 Å². The van der Waals surface area contributed by atoms with E-state index in [4.69, 9.17) is 0 Å². The van der Waals surface area contributed by atoms with Gasteiger partial charge in [-0.25, -0.2) is 8.42 Å². The van der Waals surface area contributed by atoms with E-state index >= 15 is 0 Å². The van der Waals surface area contributed by atoms with E-state index in [1.807, 2.05) is 19.2 Å². The van der Waals surface area contributed by atoms with Crippen LogP contribution in [0.4, 0.5) is 11.4 Å². The molecule has 0 spiro atoms. The van der Waals surface area contributed by atoms with Gasteiger partial charge in [0.1, 0.15) is 4.90 Å². The predicted octanol–water partition coefficient (Wildman–Crippen LogP) is 4.27. The summed E-state index contributed by atoms with van der Waals surface area (Å²) in [4.78, 5) is 14.7. The normalized spacial score (nSPS) is 16.5. The van der Waals surface area contributed by atoms with Crippen molar-refractivity contribution in [2.75, 3.05) is 15.9 Å². The molecule has 1 amide bonds. The fraction of sp³-hybridized carbons (Fsp3) is 0.278. The Bertz CT molecular complexity index is 976. The topological polar surface area (TPSA) is 66.5 Å². The molecule has 1 atom stereocenters. The predicted molar refractivity (Wildman–Crippen MR) is 109 cm³/mol. The molecule has 1 aliphatic rings. The van der Waals surface area contributed by atoms with Crippen LogP contribution >= 0.6 is 27.7 Å². The second-order valence-electron chi connectivity index (χ2n) is 6.19. The molecule has 1 heterocycles. The van der Waals surface area contributed by atoms with Gasteiger partial charge >= 0.3 is 0 Å². The summed E-state index contributed by atoms with van der Waals surface area (Å²) in [5.41, 5.74) is 2.12. The van der Waals surface area contributed by atoms with Gasteiger partial charge in [-0.2, -0.15) is 0 Å². The Balaban J connectivity index is 2.02. The van der Waals surface area contributed by atoms with Crippen LogP contribution in [0.25, 0.3) is 0 Å². The molecule has 5 nitrogen and oxygen atoms in total. The van der Waals surface area contributed by atoms with Crippen LogP contribution in [-0.2, 0) is 21.2 Å². The van der Waals surface area contributed by atoms with Crippen LogP contribution in [0.1, 0.15) is 19.4 Å². The summed E-state index contributed by atoms with van der Waals surface area (Å²) >= 11 is 4.92. The van der Waals surface area contributed by atoms with Crippen molar-refractivity contribution in [2.24, 2.45) is 0 Å². The van der Waals surface area contributed by atoms with Crippen molar-refractivity contribution in [1.82, 2.24) is 0 Å². The van der Waals surface area contributed by atoms with Gasteiger partial charge in [0, 0.05) is 33.7 Å². The van der Waals surface area contributed by atoms with Gasteiger partial charge in [-0.05, 0) is 71.4 Å². The average molecular weight is 455 g/mol. The molecule has 0 aliphatic carbocycles. The monoisotopic (exact) mass is 454 g/mol. The smallest absolute Gasteiger partial charge is 0.263 e. The molecule has 1 aliphatic heterocycles. The number of sulfonamides is 1. The van der Waals surface area contributed by atoms with Gasteiger partial charge in [-0.1, -0.05) is 6.07 Å². The lowest BCUT2D eigenvalue weighted by Crippen LogP contribution is -2.33. The standard InChI is InChI=1S/C18H19BrN2O3S2/c1-11-7-13-8-16(19)18(10-17(13)21(11)12(2)22)26(23,24)20-14-5-4-6-15(9-14)25-3/h4-6,8-11,20H,7H2,1-3H3/t11-/m1/s1. The maximum Gasteiger partial charge on any atom is 0.263 e. The van der Waals surface area contributed by atoms with E-state index in [9.17, 15) is 13.2 Å². The molecule has 0 unspecified atom stereocenters. The molecule has 0 saturated heterocycles. The minimum Gasteiger partial charge on any atom is -0.309 e. The van der Waals surface area contributed by atoms with Crippen molar-refractivity contribution < 1.29 is 13.2 Å². The van der Waals surface area contributed by atoms with E-state index in [0.717, 1.165) is 10.5 Å². The van der Waals surface area contributed by atoms with E-state index in [0.29, 0.717) is 22.3 Å². The Morgan fingerprint density at radius 2 is 2.04 bits per heavy atom. The van der Waals surface area contributed by atoms with Gasteiger partial charge < -0.3 is 4.90 Å². The van der Waals surface area contributed by atoms with Gasteiger partial charge in [0.05, 0.1) is 0 Å². The number of anilines is 2. The van der Waals surface area contributed by atoms with Crippen molar-refractivity contribution in [3.05, 3.63) is 46.4 Å². The van der Waals surface area contributed by atoms with Crippen molar-refractivity contribution in [3.8, 4) is 0 Å². The van der Waals surface area contributed by atoms with E-state index in [1.54, 1.807) is 35.2 Å². The van der Waals surface area contributed by atoms with Crippen LogP contribution in [0, 0.1) is 0 Å². The highest BCUT2D eigenvalue weighted by atomic mass is 79.9. The average Bonchev–Trinajstić information content (AvgIpc) is 2.88. The molecule has 1 N–H and O–H groups in total. The fourth-order valence-electron chi connectivity index (χ4n) is 3.20. The summed E-state index contributed by atoms with van der Waals surface area (Å²) in [6.07, 6.45) is 2.64. The molecule has 0 radical (unpaired) electrons. The zero-order valence-corrected chi connectivity index (χ0v) is 17.8. The Hall–Kier alpha value is -1.51. The van der Waals surface area contributed by atoms with Gasteiger partial charge in [-0.15, -0.1) is 11.8 Å². The lowest BCUT2D eigenvalue weighted by atomic mass is 10.1. The number of benzene rings is 2. The highest BCUT2D eigenvalue weighted by Crippen LogP contribution is 2.38. The highest BCUT2D eigenvalue weighted by Gasteiger charge is 2.32. The minimum absolute atomic E-state index is 0.0126. The molecule has 0 saturated carbocycles. The lowest BCUT2D eigenvalue weighted by molar-refractivity contribution is -0.116. The largest absolute Gasteiger partial charge is 0.309 e. The third-order valence-corrected chi connectivity index (χ3v) is 7.36. The molecule has 0 aromatic heterocycles. The van der Waals surface area contributed by atoms with Crippen LogP contribution < -0.4 is 9.62 Å². The molecule has 26 heavy (non-hydrogen) atoms. The number of carbonyl (C=O) groups excluding carboxylic acids is 1. The number of amides is 1. The van der Waals surface area contributed by atoms with Gasteiger partial charge in [-0.3, -0.25) is 9.52 Å². The van der Waals surface area contributed by atoms with E-state index in [-0.39, 0.29) is 16.8 Å². The summed E-state index contributed by atoms with van der Waals surface area (Å²) in [5.74, 6) is -0.0949. The Labute approximate surface area is 166 Å².